The van der Waals surface area contributed by atoms with Crippen molar-refractivity contribution in [1.82, 2.24) is 10.2 Å². The standard InChI is InChI=1S/C16H26N2O2/c1-4-7-16(8-10-17-11-9-16)15(19)18(3)12-14-6-5-13(2)20-14/h5-6,17H,4,7-12H2,1-3H3. The third-order valence-corrected chi connectivity index (χ3v) is 4.28. The largest absolute Gasteiger partial charge is 0.464 e. The van der Waals surface area contributed by atoms with Crippen molar-refractivity contribution in [2.45, 2.75) is 46.1 Å². The van der Waals surface area contributed by atoms with E-state index in [2.05, 4.69) is 12.2 Å². The predicted octanol–water partition coefficient (Wildman–Crippen LogP) is 2.72. The summed E-state index contributed by atoms with van der Waals surface area (Å²) in [6.07, 6.45) is 3.93. The van der Waals surface area contributed by atoms with E-state index < -0.39 is 0 Å². The molecule has 0 atom stereocenters. The van der Waals surface area contributed by atoms with E-state index in [1.165, 1.54) is 0 Å². The predicted molar refractivity (Wildman–Crippen MR) is 79.4 cm³/mol. The molecule has 0 bridgehead atoms. The molecule has 0 spiro atoms. The molecule has 1 N–H and O–H groups in total. The average molecular weight is 278 g/mol. The highest BCUT2D eigenvalue weighted by Crippen LogP contribution is 2.36. The van der Waals surface area contributed by atoms with E-state index in [4.69, 9.17) is 4.42 Å². The summed E-state index contributed by atoms with van der Waals surface area (Å²) >= 11 is 0. The molecule has 1 aromatic heterocycles. The first-order valence-corrected chi connectivity index (χ1v) is 7.59. The van der Waals surface area contributed by atoms with Gasteiger partial charge in [-0.05, 0) is 51.4 Å². The molecule has 1 aromatic rings. The molecule has 2 heterocycles. The van der Waals surface area contributed by atoms with Gasteiger partial charge in [0.2, 0.25) is 5.91 Å². The Morgan fingerprint density at radius 1 is 1.40 bits per heavy atom. The SMILES string of the molecule is CCCC1(C(=O)N(C)Cc2ccc(C)o2)CCNCC1. The minimum Gasteiger partial charge on any atom is -0.464 e. The van der Waals surface area contributed by atoms with Crippen molar-refractivity contribution in [3.8, 4) is 0 Å². The van der Waals surface area contributed by atoms with Crippen molar-refractivity contribution < 1.29 is 9.21 Å². The quantitative estimate of drug-likeness (QED) is 0.900. The summed E-state index contributed by atoms with van der Waals surface area (Å²) in [6.45, 7) is 6.54. The van der Waals surface area contributed by atoms with Crippen LogP contribution in [0, 0.1) is 12.3 Å². The Kier molecular flexibility index (Phi) is 4.86. The lowest BCUT2D eigenvalue weighted by molar-refractivity contribution is -0.143. The highest BCUT2D eigenvalue weighted by atomic mass is 16.3. The van der Waals surface area contributed by atoms with Crippen LogP contribution in [0.1, 0.15) is 44.1 Å². The molecule has 0 saturated carbocycles. The van der Waals surface area contributed by atoms with Crippen LogP contribution >= 0.6 is 0 Å². The number of aryl methyl sites for hydroxylation is 1. The molecule has 0 aliphatic carbocycles. The summed E-state index contributed by atoms with van der Waals surface area (Å²) in [5.41, 5.74) is -0.170. The Hall–Kier alpha value is -1.29. The zero-order valence-corrected chi connectivity index (χ0v) is 12.9. The molecule has 4 nitrogen and oxygen atoms in total. The van der Waals surface area contributed by atoms with Crippen LogP contribution in [-0.4, -0.2) is 30.9 Å². The fraction of sp³-hybridized carbons (Fsp3) is 0.688. The van der Waals surface area contributed by atoms with Crippen LogP contribution in [0.5, 0.6) is 0 Å². The minimum atomic E-state index is -0.170. The molecule has 0 radical (unpaired) electrons. The second-order valence-corrected chi connectivity index (χ2v) is 5.95. The summed E-state index contributed by atoms with van der Waals surface area (Å²) in [7, 11) is 1.89. The third-order valence-electron chi connectivity index (χ3n) is 4.28. The maximum atomic E-state index is 12.9. The van der Waals surface area contributed by atoms with Crippen LogP contribution in [0.2, 0.25) is 0 Å². The van der Waals surface area contributed by atoms with Crippen molar-refractivity contribution in [3.05, 3.63) is 23.7 Å². The number of furan rings is 1. The van der Waals surface area contributed by atoms with Gasteiger partial charge < -0.3 is 14.6 Å². The first-order valence-electron chi connectivity index (χ1n) is 7.59. The number of carbonyl (C=O) groups is 1. The first kappa shape index (κ1) is 15.1. The second kappa shape index (κ2) is 6.44. The molecule has 1 amide bonds. The normalized spacial score (nSPS) is 17.9. The van der Waals surface area contributed by atoms with Gasteiger partial charge in [-0.25, -0.2) is 0 Å². The third kappa shape index (κ3) is 3.23. The number of nitrogens with zero attached hydrogens (tertiary/aromatic N) is 1. The van der Waals surface area contributed by atoms with Crippen LogP contribution < -0.4 is 5.32 Å². The summed E-state index contributed by atoms with van der Waals surface area (Å²) in [4.78, 5) is 14.7. The second-order valence-electron chi connectivity index (χ2n) is 5.95. The molecule has 0 unspecified atom stereocenters. The van der Waals surface area contributed by atoms with Gasteiger partial charge in [0.1, 0.15) is 11.5 Å². The topological polar surface area (TPSA) is 45.5 Å². The zero-order valence-electron chi connectivity index (χ0n) is 12.9. The molecule has 112 valence electrons. The van der Waals surface area contributed by atoms with Gasteiger partial charge in [0.05, 0.1) is 12.0 Å². The molecule has 4 heteroatoms. The lowest BCUT2D eigenvalue weighted by Gasteiger charge is -2.38. The van der Waals surface area contributed by atoms with E-state index in [1.54, 1.807) is 0 Å². The summed E-state index contributed by atoms with van der Waals surface area (Å²) in [5.74, 6) is 2.03. The number of piperidine rings is 1. The Labute approximate surface area is 121 Å². The van der Waals surface area contributed by atoms with E-state index in [0.29, 0.717) is 6.54 Å². The highest BCUT2D eigenvalue weighted by molar-refractivity contribution is 5.82. The summed E-state index contributed by atoms with van der Waals surface area (Å²) in [5, 5.41) is 3.36. The van der Waals surface area contributed by atoms with Crippen molar-refractivity contribution >= 4 is 5.91 Å². The van der Waals surface area contributed by atoms with Gasteiger partial charge >= 0.3 is 0 Å². The minimum absolute atomic E-state index is 0.170. The molecule has 1 fully saturated rings. The monoisotopic (exact) mass is 278 g/mol. The van der Waals surface area contributed by atoms with E-state index in [9.17, 15) is 4.79 Å². The van der Waals surface area contributed by atoms with Gasteiger partial charge in [-0.15, -0.1) is 0 Å². The van der Waals surface area contributed by atoms with Gasteiger partial charge in [-0.3, -0.25) is 4.79 Å². The smallest absolute Gasteiger partial charge is 0.229 e. The highest BCUT2D eigenvalue weighted by Gasteiger charge is 2.40. The fourth-order valence-corrected chi connectivity index (χ4v) is 3.24. The zero-order chi connectivity index (χ0) is 14.6. The van der Waals surface area contributed by atoms with Crippen LogP contribution in [0.25, 0.3) is 0 Å². The van der Waals surface area contributed by atoms with Crippen molar-refractivity contribution in [2.75, 3.05) is 20.1 Å². The Bertz CT molecular complexity index is 442. The van der Waals surface area contributed by atoms with Crippen LogP contribution in [0.3, 0.4) is 0 Å². The van der Waals surface area contributed by atoms with Crippen molar-refractivity contribution in [1.29, 1.82) is 0 Å². The first-order chi connectivity index (χ1) is 9.57. The molecule has 1 aliphatic rings. The average Bonchev–Trinajstić information content (AvgIpc) is 2.84. The molecule has 1 aliphatic heterocycles. The number of rotatable bonds is 5. The molecule has 1 saturated heterocycles. The van der Waals surface area contributed by atoms with Gasteiger partial charge in [-0.2, -0.15) is 0 Å². The van der Waals surface area contributed by atoms with E-state index in [0.717, 1.165) is 50.3 Å². The summed E-state index contributed by atoms with van der Waals surface area (Å²) < 4.78 is 5.58. The number of nitrogens with one attached hydrogen (secondary N) is 1. The molecular weight excluding hydrogens is 252 g/mol. The maximum Gasteiger partial charge on any atom is 0.229 e. The molecule has 0 aromatic carbocycles. The van der Waals surface area contributed by atoms with Crippen LogP contribution in [0.15, 0.2) is 16.5 Å². The summed E-state index contributed by atoms with van der Waals surface area (Å²) in [6, 6.07) is 3.90. The molecule has 2 rings (SSSR count). The van der Waals surface area contributed by atoms with Gasteiger partial charge in [0, 0.05) is 7.05 Å². The number of hydrogen-bond acceptors (Lipinski definition) is 3. The van der Waals surface area contributed by atoms with Crippen molar-refractivity contribution in [2.24, 2.45) is 5.41 Å². The number of amides is 1. The molecule has 20 heavy (non-hydrogen) atoms. The van der Waals surface area contributed by atoms with Gasteiger partial charge in [-0.1, -0.05) is 13.3 Å². The van der Waals surface area contributed by atoms with Crippen molar-refractivity contribution in [3.63, 3.8) is 0 Å². The van der Waals surface area contributed by atoms with Gasteiger partial charge in [0.15, 0.2) is 0 Å². The Balaban J connectivity index is 2.06. The van der Waals surface area contributed by atoms with E-state index in [1.807, 2.05) is 31.0 Å². The fourth-order valence-electron chi connectivity index (χ4n) is 3.24. The maximum absolute atomic E-state index is 12.9. The van der Waals surface area contributed by atoms with Gasteiger partial charge in [0.25, 0.3) is 0 Å². The molecular formula is C16H26N2O2. The lowest BCUT2D eigenvalue weighted by atomic mass is 9.74. The number of carbonyl (C=O) groups excluding carboxylic acids is 1. The van der Waals surface area contributed by atoms with Crippen LogP contribution in [0.4, 0.5) is 0 Å². The Morgan fingerprint density at radius 2 is 2.10 bits per heavy atom. The Morgan fingerprint density at radius 3 is 2.65 bits per heavy atom. The van der Waals surface area contributed by atoms with E-state index in [-0.39, 0.29) is 11.3 Å². The van der Waals surface area contributed by atoms with E-state index >= 15 is 0 Å². The number of hydrogen-bond donors (Lipinski definition) is 1. The lowest BCUT2D eigenvalue weighted by Crippen LogP contribution is -2.47. The van der Waals surface area contributed by atoms with Crippen LogP contribution in [-0.2, 0) is 11.3 Å².